The monoisotopic (exact) mass is 245 g/mol. The molecule has 15 heavy (non-hydrogen) atoms. The van der Waals surface area contributed by atoms with Gasteiger partial charge in [-0.3, -0.25) is 4.79 Å². The predicted molar refractivity (Wildman–Crippen MR) is 65.9 cm³/mol. The highest BCUT2D eigenvalue weighted by Crippen LogP contribution is 2.16. The van der Waals surface area contributed by atoms with E-state index in [1.807, 2.05) is 19.1 Å². The van der Waals surface area contributed by atoms with Crippen molar-refractivity contribution in [3.05, 3.63) is 21.9 Å². The topological polar surface area (TPSA) is 29.1 Å². The van der Waals surface area contributed by atoms with E-state index in [4.69, 9.17) is 11.6 Å². The molecule has 2 nitrogen and oxygen atoms in total. The number of amides is 1. The lowest BCUT2D eigenvalue weighted by Gasteiger charge is -2.07. The Bertz CT molecular complexity index is 324. The Morgan fingerprint density at radius 3 is 2.87 bits per heavy atom. The number of hydrogen-bond donors (Lipinski definition) is 1. The van der Waals surface area contributed by atoms with Gasteiger partial charge >= 0.3 is 0 Å². The molecule has 0 spiro atoms. The molecule has 1 aromatic heterocycles. The van der Waals surface area contributed by atoms with Gasteiger partial charge in [-0.15, -0.1) is 22.9 Å². The Balaban J connectivity index is 2.46. The molecule has 0 radical (unpaired) electrons. The Kier molecular flexibility index (Phi) is 5.12. The van der Waals surface area contributed by atoms with Gasteiger partial charge in [0.15, 0.2) is 0 Å². The van der Waals surface area contributed by atoms with Crippen LogP contribution in [-0.4, -0.2) is 18.3 Å². The van der Waals surface area contributed by atoms with Gasteiger partial charge in [-0.2, -0.15) is 0 Å². The second kappa shape index (κ2) is 6.13. The van der Waals surface area contributed by atoms with E-state index in [9.17, 15) is 4.79 Å². The summed E-state index contributed by atoms with van der Waals surface area (Å²) in [7, 11) is 0. The Labute approximate surface area is 99.6 Å². The fourth-order valence-corrected chi connectivity index (χ4v) is 2.07. The maximum absolute atomic E-state index is 11.7. The molecule has 0 saturated heterocycles. The fraction of sp³-hybridized carbons (Fsp3) is 0.545. The molecule has 1 aromatic rings. The molecule has 1 amide bonds. The average molecular weight is 246 g/mol. The second-order valence-corrected chi connectivity index (χ2v) is 5.07. The minimum absolute atomic E-state index is 0.0108. The number of halogens is 1. The van der Waals surface area contributed by atoms with Gasteiger partial charge in [0.1, 0.15) is 0 Å². The first-order chi connectivity index (χ1) is 7.17. The van der Waals surface area contributed by atoms with Crippen molar-refractivity contribution in [1.82, 2.24) is 5.32 Å². The van der Waals surface area contributed by atoms with Crippen LogP contribution >= 0.6 is 22.9 Å². The molecule has 1 heterocycles. The molecule has 0 saturated carbocycles. The minimum Gasteiger partial charge on any atom is -0.351 e. The zero-order valence-electron chi connectivity index (χ0n) is 9.05. The lowest BCUT2D eigenvalue weighted by molar-refractivity contribution is 0.0953. The molecule has 0 aliphatic rings. The highest BCUT2D eigenvalue weighted by atomic mass is 35.5. The summed E-state index contributed by atoms with van der Waals surface area (Å²) in [6.07, 6.45) is 0.982. The number of hydrogen-bond acceptors (Lipinski definition) is 2. The summed E-state index contributed by atoms with van der Waals surface area (Å²) in [5, 5.41) is 2.87. The summed E-state index contributed by atoms with van der Waals surface area (Å²) in [6.45, 7) is 4.74. The summed E-state index contributed by atoms with van der Waals surface area (Å²) >= 11 is 7.21. The van der Waals surface area contributed by atoms with Crippen molar-refractivity contribution in [2.24, 2.45) is 5.92 Å². The van der Waals surface area contributed by atoms with Crippen LogP contribution < -0.4 is 5.32 Å². The average Bonchev–Trinajstić information content (AvgIpc) is 2.73. The number of aryl methyl sites for hydroxylation is 1. The number of alkyl halides is 1. The van der Waals surface area contributed by atoms with Crippen LogP contribution in [0.1, 0.15) is 28.4 Å². The van der Waals surface area contributed by atoms with Gasteiger partial charge < -0.3 is 5.32 Å². The van der Waals surface area contributed by atoms with Crippen molar-refractivity contribution in [2.75, 3.05) is 12.4 Å². The lowest BCUT2D eigenvalue weighted by atomic mass is 10.2. The molecule has 1 unspecified atom stereocenters. The van der Waals surface area contributed by atoms with E-state index in [2.05, 4.69) is 12.2 Å². The first kappa shape index (κ1) is 12.5. The zero-order valence-corrected chi connectivity index (χ0v) is 10.6. The Morgan fingerprint density at radius 1 is 1.60 bits per heavy atom. The zero-order chi connectivity index (χ0) is 11.3. The Morgan fingerprint density at radius 2 is 2.33 bits per heavy atom. The van der Waals surface area contributed by atoms with Gasteiger partial charge in [0, 0.05) is 17.3 Å². The third-order valence-corrected chi connectivity index (χ3v) is 3.86. The third kappa shape index (κ3) is 3.84. The van der Waals surface area contributed by atoms with Gasteiger partial charge in [-0.05, 0) is 24.5 Å². The minimum atomic E-state index is 0.0108. The number of thiophene rings is 1. The quantitative estimate of drug-likeness (QED) is 0.795. The summed E-state index contributed by atoms with van der Waals surface area (Å²) in [5.41, 5.74) is 0. The number of nitrogens with one attached hydrogen (secondary N) is 1. The van der Waals surface area contributed by atoms with Crippen LogP contribution in [0, 0.1) is 5.92 Å². The normalized spacial score (nSPS) is 12.5. The van der Waals surface area contributed by atoms with Crippen LogP contribution in [0.2, 0.25) is 0 Å². The smallest absolute Gasteiger partial charge is 0.261 e. The first-order valence-corrected chi connectivity index (χ1v) is 6.45. The molecule has 0 fully saturated rings. The molecule has 4 heteroatoms. The van der Waals surface area contributed by atoms with Crippen molar-refractivity contribution >= 4 is 28.8 Å². The predicted octanol–water partition coefficient (Wildman–Crippen LogP) is 2.92. The number of rotatable bonds is 5. The van der Waals surface area contributed by atoms with E-state index in [0.717, 1.165) is 11.3 Å². The molecule has 1 N–H and O–H groups in total. The van der Waals surface area contributed by atoms with Crippen LogP contribution in [0.4, 0.5) is 0 Å². The summed E-state index contributed by atoms with van der Waals surface area (Å²) in [6, 6.07) is 3.88. The molecule has 0 aromatic carbocycles. The van der Waals surface area contributed by atoms with E-state index in [1.165, 1.54) is 4.88 Å². The van der Waals surface area contributed by atoms with Crippen molar-refractivity contribution < 1.29 is 4.79 Å². The van der Waals surface area contributed by atoms with Crippen molar-refractivity contribution in [2.45, 2.75) is 20.3 Å². The second-order valence-electron chi connectivity index (χ2n) is 3.59. The van der Waals surface area contributed by atoms with Crippen LogP contribution in [0.15, 0.2) is 12.1 Å². The molecule has 84 valence electrons. The molecule has 0 bridgehead atoms. The summed E-state index contributed by atoms with van der Waals surface area (Å²) in [5.74, 6) is 0.906. The van der Waals surface area contributed by atoms with Crippen molar-refractivity contribution in [3.63, 3.8) is 0 Å². The molecule has 0 aliphatic carbocycles. The molecular weight excluding hydrogens is 230 g/mol. The van der Waals surface area contributed by atoms with Crippen molar-refractivity contribution in [1.29, 1.82) is 0 Å². The number of carbonyl (C=O) groups excluding carboxylic acids is 1. The van der Waals surface area contributed by atoms with E-state index in [0.29, 0.717) is 18.3 Å². The lowest BCUT2D eigenvalue weighted by Crippen LogP contribution is -2.28. The molecular formula is C11H16ClNOS. The van der Waals surface area contributed by atoms with Gasteiger partial charge in [0.25, 0.3) is 5.91 Å². The van der Waals surface area contributed by atoms with E-state index < -0.39 is 0 Å². The van der Waals surface area contributed by atoms with Gasteiger partial charge in [0.05, 0.1) is 4.88 Å². The number of carbonyl (C=O) groups is 1. The summed E-state index contributed by atoms with van der Waals surface area (Å²) < 4.78 is 0. The highest BCUT2D eigenvalue weighted by Gasteiger charge is 2.09. The molecule has 1 atom stereocenters. The van der Waals surface area contributed by atoms with Gasteiger partial charge in [0.2, 0.25) is 0 Å². The van der Waals surface area contributed by atoms with Gasteiger partial charge in [-0.25, -0.2) is 0 Å². The van der Waals surface area contributed by atoms with E-state index in [1.54, 1.807) is 11.3 Å². The van der Waals surface area contributed by atoms with Crippen LogP contribution in [0.3, 0.4) is 0 Å². The van der Waals surface area contributed by atoms with E-state index >= 15 is 0 Å². The standard InChI is InChI=1S/C11H16ClNOS/c1-3-9-4-5-10(15-9)11(14)13-7-8(2)6-12/h4-5,8H,3,6-7H2,1-2H3,(H,13,14). The van der Waals surface area contributed by atoms with Crippen molar-refractivity contribution in [3.8, 4) is 0 Å². The Hall–Kier alpha value is -0.540. The van der Waals surface area contributed by atoms with Crippen LogP contribution in [0.25, 0.3) is 0 Å². The fourth-order valence-electron chi connectivity index (χ4n) is 1.10. The largest absolute Gasteiger partial charge is 0.351 e. The van der Waals surface area contributed by atoms with Crippen LogP contribution in [-0.2, 0) is 6.42 Å². The summed E-state index contributed by atoms with van der Waals surface area (Å²) in [4.78, 5) is 13.7. The third-order valence-electron chi connectivity index (χ3n) is 2.11. The molecule has 1 rings (SSSR count). The molecule has 0 aliphatic heterocycles. The maximum Gasteiger partial charge on any atom is 0.261 e. The van der Waals surface area contributed by atoms with E-state index in [-0.39, 0.29) is 5.91 Å². The maximum atomic E-state index is 11.7. The SMILES string of the molecule is CCc1ccc(C(=O)NCC(C)CCl)s1. The first-order valence-electron chi connectivity index (χ1n) is 5.10. The van der Waals surface area contributed by atoms with Gasteiger partial charge in [-0.1, -0.05) is 13.8 Å². The van der Waals surface area contributed by atoms with Crippen LogP contribution in [0.5, 0.6) is 0 Å². The highest BCUT2D eigenvalue weighted by molar-refractivity contribution is 7.14.